The van der Waals surface area contributed by atoms with Crippen LogP contribution in [0.2, 0.25) is 19.6 Å². The largest absolute Gasteiger partial charge is 0.305 e. The average molecular weight is 919 g/mol. The molecule has 6 heteroatoms. The molecule has 0 atom stereocenters. The first-order valence-corrected chi connectivity index (χ1v) is 21.9. The molecular weight excluding hydrogens is 876 g/mol. The monoisotopic (exact) mass is 919 g/mol. The zero-order valence-electron chi connectivity index (χ0n) is 34.3. The molecule has 0 bridgehead atoms. The van der Waals surface area contributed by atoms with Crippen molar-refractivity contribution in [3.63, 3.8) is 0 Å². The summed E-state index contributed by atoms with van der Waals surface area (Å²) in [5.74, 6) is -0.895. The Kier molecular flexibility index (Phi) is 9.57. The maximum Gasteiger partial charge on any atom is 0.143 e. The van der Waals surface area contributed by atoms with E-state index in [-0.39, 0.29) is 31.2 Å². The molecule has 269 valence electrons. The summed E-state index contributed by atoms with van der Waals surface area (Å²) >= 11 is 1.61. The van der Waals surface area contributed by atoms with E-state index in [1.165, 1.54) is 28.9 Å². The molecule has 0 saturated heterocycles. The predicted molar refractivity (Wildman–Crippen MR) is 226 cm³/mol. The van der Waals surface area contributed by atoms with Crippen molar-refractivity contribution in [1.82, 2.24) is 9.97 Å². The van der Waals surface area contributed by atoms with Gasteiger partial charge < -0.3 is 4.98 Å². The standard InChI is InChI=1S/C34H23FNS.C14H16NSi.Ir/c1-21-11-13-23-16-29-32(19-26(23)15-21)37-34-28(17-24-9-5-6-10-27(24)33(29)34)31-18-25(30(35)20-36-31)14-12-22-7-3-2-4-8-22;1-16(2,3)13-9-10-14(15-11-13)12-7-5-4-6-8-12;/h2-11,13,15-16,18-20H,12,14H2,1H3;4-7,9-11H,1-3H3;/q2*-1;/i12D2,14D2;;. The normalized spacial score (nSPS) is 13.1. The Morgan fingerprint density at radius 1 is 0.741 bits per heavy atom. The van der Waals surface area contributed by atoms with Gasteiger partial charge in [-0.25, -0.2) is 4.39 Å². The molecule has 9 rings (SSSR count). The molecule has 0 N–H and O–H groups in total. The minimum absolute atomic E-state index is 0. The SMILES string of the molecule is C[Si](C)(C)c1ccc(-c2[c-]cccc2)nc1.[2H]C([2H])(c1ccccc1)C([2H])([2H])c1cc(-c2[c-]c3ccccc3c3c2sc2cc4cc(C)ccc4cc23)ncc1F.[Ir]. The molecule has 54 heavy (non-hydrogen) atoms. The van der Waals surface area contributed by atoms with Crippen LogP contribution in [0.25, 0.3) is 64.2 Å². The molecule has 0 aliphatic heterocycles. The fraction of sp³-hybridized carbons (Fsp3) is 0.125. The summed E-state index contributed by atoms with van der Waals surface area (Å²) in [7, 11) is -1.23. The third-order valence-corrected chi connectivity index (χ3v) is 12.5. The Bertz CT molecular complexity index is 2920. The number of hydrogen-bond donors (Lipinski definition) is 0. The van der Waals surface area contributed by atoms with Crippen LogP contribution < -0.4 is 5.19 Å². The number of thiophene rings is 1. The van der Waals surface area contributed by atoms with Crippen LogP contribution in [0, 0.1) is 24.9 Å². The fourth-order valence-electron chi connectivity index (χ4n) is 6.47. The number of benzene rings is 6. The van der Waals surface area contributed by atoms with Crippen molar-refractivity contribution in [3.8, 4) is 22.5 Å². The van der Waals surface area contributed by atoms with Crippen LogP contribution >= 0.6 is 11.3 Å². The number of rotatable bonds is 6. The van der Waals surface area contributed by atoms with Crippen LogP contribution in [0.4, 0.5) is 4.39 Å². The Labute approximate surface area is 340 Å². The molecule has 9 aromatic rings. The van der Waals surface area contributed by atoms with E-state index in [1.807, 2.05) is 48.7 Å². The first-order valence-electron chi connectivity index (χ1n) is 19.6. The van der Waals surface area contributed by atoms with Crippen molar-refractivity contribution in [2.45, 2.75) is 39.3 Å². The summed E-state index contributed by atoms with van der Waals surface area (Å²) < 4.78 is 52.3. The number of pyridine rings is 2. The molecule has 0 aliphatic rings. The zero-order valence-corrected chi connectivity index (χ0v) is 34.5. The van der Waals surface area contributed by atoms with Gasteiger partial charge in [0.2, 0.25) is 0 Å². The summed E-state index contributed by atoms with van der Waals surface area (Å²) in [6, 6.07) is 47.1. The van der Waals surface area contributed by atoms with Crippen molar-refractivity contribution in [1.29, 1.82) is 0 Å². The second-order valence-corrected chi connectivity index (χ2v) is 20.3. The summed E-state index contributed by atoms with van der Waals surface area (Å²) in [5.41, 5.74) is 3.98. The van der Waals surface area contributed by atoms with E-state index in [9.17, 15) is 0 Å². The van der Waals surface area contributed by atoms with Gasteiger partial charge in [-0.15, -0.1) is 53.4 Å². The molecule has 2 nitrogen and oxygen atoms in total. The number of fused-ring (bicyclic) bond motifs is 6. The maximum atomic E-state index is 15.3. The van der Waals surface area contributed by atoms with E-state index in [2.05, 4.69) is 97.2 Å². The van der Waals surface area contributed by atoms with E-state index in [0.29, 0.717) is 11.3 Å². The Morgan fingerprint density at radius 3 is 2.28 bits per heavy atom. The smallest absolute Gasteiger partial charge is 0.143 e. The van der Waals surface area contributed by atoms with Gasteiger partial charge in [0.05, 0.1) is 14.3 Å². The van der Waals surface area contributed by atoms with Gasteiger partial charge >= 0.3 is 0 Å². The van der Waals surface area contributed by atoms with E-state index in [4.69, 9.17) is 5.48 Å². The van der Waals surface area contributed by atoms with Crippen molar-refractivity contribution in [2.24, 2.45) is 0 Å². The van der Waals surface area contributed by atoms with Crippen LogP contribution in [0.1, 0.15) is 22.2 Å². The first-order chi connectivity index (χ1) is 27.2. The van der Waals surface area contributed by atoms with Crippen LogP contribution in [-0.2, 0) is 32.9 Å². The Balaban J connectivity index is 0.000000254. The molecule has 0 aliphatic carbocycles. The number of aryl methyl sites for hydroxylation is 3. The second kappa shape index (κ2) is 15.9. The summed E-state index contributed by atoms with van der Waals surface area (Å²) in [5, 5.41) is 7.75. The first kappa shape index (κ1) is 32.6. The van der Waals surface area contributed by atoms with Gasteiger partial charge in [-0.2, -0.15) is 11.3 Å². The third-order valence-electron chi connectivity index (χ3n) is 9.33. The van der Waals surface area contributed by atoms with Gasteiger partial charge in [-0.1, -0.05) is 126 Å². The second-order valence-electron chi connectivity index (χ2n) is 14.2. The topological polar surface area (TPSA) is 25.8 Å². The molecule has 0 spiro atoms. The Morgan fingerprint density at radius 2 is 1.52 bits per heavy atom. The van der Waals surface area contributed by atoms with Gasteiger partial charge in [0, 0.05) is 42.2 Å². The molecule has 0 unspecified atom stereocenters. The van der Waals surface area contributed by atoms with E-state index in [1.54, 1.807) is 29.5 Å². The van der Waals surface area contributed by atoms with Crippen LogP contribution in [0.3, 0.4) is 0 Å². The van der Waals surface area contributed by atoms with Crippen LogP contribution in [0.15, 0.2) is 140 Å². The van der Waals surface area contributed by atoms with Gasteiger partial charge in [0.1, 0.15) is 5.82 Å². The Hall–Kier alpha value is -4.84. The van der Waals surface area contributed by atoms with Crippen molar-refractivity contribution in [2.75, 3.05) is 0 Å². The van der Waals surface area contributed by atoms with Gasteiger partial charge in [0.15, 0.2) is 0 Å². The number of hydrogen-bond acceptors (Lipinski definition) is 3. The molecule has 0 fully saturated rings. The zero-order chi connectivity index (χ0) is 40.1. The quantitative estimate of drug-likeness (QED) is 0.123. The van der Waals surface area contributed by atoms with Gasteiger partial charge in [-0.3, -0.25) is 4.98 Å². The number of aromatic nitrogens is 2. The summed E-state index contributed by atoms with van der Waals surface area (Å²) in [6.45, 7) is 9.07. The number of nitrogens with zero attached hydrogens (tertiary/aromatic N) is 2. The minimum Gasteiger partial charge on any atom is -0.305 e. The van der Waals surface area contributed by atoms with Crippen LogP contribution in [0.5, 0.6) is 0 Å². The number of halogens is 1. The molecule has 3 aromatic heterocycles. The van der Waals surface area contributed by atoms with Crippen molar-refractivity contribution >= 4 is 66.3 Å². The molecule has 3 heterocycles. The van der Waals surface area contributed by atoms with Gasteiger partial charge in [-0.05, 0) is 74.7 Å². The van der Waals surface area contributed by atoms with Crippen molar-refractivity contribution in [3.05, 3.63) is 174 Å². The summed E-state index contributed by atoms with van der Waals surface area (Å²) in [4.78, 5) is 8.90. The average Bonchev–Trinajstić information content (AvgIpc) is 3.59. The van der Waals surface area contributed by atoms with Crippen molar-refractivity contribution < 1.29 is 30.0 Å². The fourth-order valence-corrected chi connectivity index (χ4v) is 8.76. The van der Waals surface area contributed by atoms with Gasteiger partial charge in [0.25, 0.3) is 0 Å². The maximum absolute atomic E-state index is 15.3. The van der Waals surface area contributed by atoms with E-state index < -0.39 is 26.6 Å². The predicted octanol–water partition coefficient (Wildman–Crippen LogP) is 12.5. The van der Waals surface area contributed by atoms with Crippen LogP contribution in [-0.4, -0.2) is 18.0 Å². The van der Waals surface area contributed by atoms with E-state index in [0.717, 1.165) is 59.2 Å². The molecule has 0 saturated carbocycles. The summed E-state index contributed by atoms with van der Waals surface area (Å²) in [6.07, 6.45) is -2.17. The molecule has 6 aromatic carbocycles. The third kappa shape index (κ3) is 7.85. The molecule has 1 radical (unpaired) electrons. The molecule has 0 amide bonds. The minimum atomic E-state index is -2.68. The molecular formula is C48H39FIrN2SSi-2. The van der Waals surface area contributed by atoms with E-state index >= 15 is 4.39 Å².